The number of nitrogens with one attached hydrogen (secondary N) is 4. The molecule has 0 unspecified atom stereocenters. The van der Waals surface area contributed by atoms with Crippen LogP contribution in [0.15, 0.2) is 60.7 Å². The van der Waals surface area contributed by atoms with Crippen LogP contribution in [0.4, 0.5) is 0 Å². The molecule has 11 amide bonds. The molecule has 1 aliphatic rings. The predicted octanol–water partition coefficient (Wildman–Crippen LogP) is 2.77. The Hall–Kier alpha value is -7.47. The molecule has 0 spiro atoms. The second kappa shape index (κ2) is 35.2. The number of carbonyl (C=O) groups excluding carboxylic acids is 11. The van der Waals surface area contributed by atoms with E-state index in [-0.39, 0.29) is 38.2 Å². The number of likely N-dealkylation sites (N-methyl/N-ethyl adjacent to an activating group) is 7. The van der Waals surface area contributed by atoms with Crippen molar-refractivity contribution in [3.63, 3.8) is 0 Å². The number of nitrogens with zero attached hydrogens (tertiary/aromatic N) is 7. The van der Waals surface area contributed by atoms with Crippen molar-refractivity contribution < 1.29 is 62.6 Å². The zero-order chi connectivity index (χ0) is 68.2. The molecule has 24 heteroatoms. The lowest BCUT2D eigenvalue weighted by Gasteiger charge is -2.38. The molecule has 1 saturated heterocycles. The lowest BCUT2D eigenvalue weighted by atomic mass is 9.98. The molecular formula is C66H105N11O13. The van der Waals surface area contributed by atoms with Crippen molar-refractivity contribution in [3.8, 4) is 0 Å². The molecule has 3 rings (SSSR count). The van der Waals surface area contributed by atoms with Crippen LogP contribution in [0.2, 0.25) is 0 Å². The number of benzene rings is 2. The molecule has 0 saturated carbocycles. The quantitative estimate of drug-likeness (QED) is 0.161. The van der Waals surface area contributed by atoms with Crippen LogP contribution < -0.4 is 21.3 Å². The molecule has 5 N–H and O–H groups in total. The average molecular weight is 1260 g/mol. The van der Waals surface area contributed by atoms with Crippen molar-refractivity contribution in [1.82, 2.24) is 55.6 Å². The summed E-state index contributed by atoms with van der Waals surface area (Å²) in [6, 6.07) is 4.71. The topological polar surface area (TPSA) is 288 Å². The van der Waals surface area contributed by atoms with Crippen molar-refractivity contribution in [2.75, 3.05) is 62.5 Å². The second-order valence-electron chi connectivity index (χ2n) is 25.9. The van der Waals surface area contributed by atoms with E-state index in [2.05, 4.69) is 21.3 Å². The smallest absolute Gasteiger partial charge is 0.248 e. The Labute approximate surface area is 533 Å². The molecule has 0 bridgehead atoms. The number of aliphatic hydroxyl groups is 1. The first-order valence-electron chi connectivity index (χ1n) is 31.4. The first-order valence-corrected chi connectivity index (χ1v) is 31.4. The van der Waals surface area contributed by atoms with Crippen molar-refractivity contribution in [2.45, 2.75) is 207 Å². The normalized spacial score (nSPS) is 25.4. The number of aliphatic hydroxyl groups excluding tert-OH is 1. The number of hydrogen-bond acceptors (Lipinski definition) is 13. The highest BCUT2D eigenvalue weighted by Crippen LogP contribution is 2.22. The van der Waals surface area contributed by atoms with Gasteiger partial charge >= 0.3 is 0 Å². The Kier molecular flexibility index (Phi) is 30.0. The first-order chi connectivity index (χ1) is 42.0. The SMILES string of the molecule is CCCCCC[C@@H]1NC(=O)[C@H](Cc2ccccc2)N(C)C(=O)[C@H](C)N(C)C(=O)[C@@H](C)NC(=O)[C@H](C(C)C)N(C)C(=O)[C@H](Cc2ccccc2)N(C)C(=O)[C@H](COC(C)(C)C)NC(=O)[C@H](C)N(C)C(=O)CN(C)C(=O)[C@H]([C@@H](C)O)NC(=O)[C@H](CC(C)C)N(C)C1=O. The predicted molar refractivity (Wildman–Crippen MR) is 342 cm³/mol. The Bertz CT molecular complexity index is 2760. The van der Waals surface area contributed by atoms with E-state index in [1.807, 2.05) is 20.8 Å². The standard InChI is InChI=1S/C66H105N11O13/c1-20-21-22-29-34-48-62(86)75(17)50(35-40(2)3)58(82)70-54(45(9)78)65(89)71(13)38-53(79)72(14)43(7)56(80)69-49(39-90-66(10,11)12)63(87)76(18)52(37-47-32-27-24-28-33-47)64(88)77(19)55(41(4)5)59(83)67-42(6)60(84)73(15)44(8)61(85)74(16)51(57(81)68-48)36-46-30-25-23-26-31-46/h23-28,30-33,40-45,48-52,54-55,78H,20-22,29,34-39H2,1-19H3,(H,67,83)(H,68,81)(H,69,80)(H,70,82)/t42-,43+,44+,45-,48+,49+,50+,51+,52+,54+,55+/m1/s1. The van der Waals surface area contributed by atoms with Gasteiger partial charge in [0.25, 0.3) is 0 Å². The third-order valence-corrected chi connectivity index (χ3v) is 16.7. The molecule has 0 aromatic heterocycles. The van der Waals surface area contributed by atoms with E-state index in [4.69, 9.17) is 4.74 Å². The van der Waals surface area contributed by atoms with Crippen LogP contribution in [0.5, 0.6) is 0 Å². The van der Waals surface area contributed by atoms with Crippen LogP contribution >= 0.6 is 0 Å². The highest BCUT2D eigenvalue weighted by molar-refractivity contribution is 5.99. The van der Waals surface area contributed by atoms with E-state index in [0.29, 0.717) is 24.0 Å². The Morgan fingerprint density at radius 3 is 1.53 bits per heavy atom. The third-order valence-electron chi connectivity index (χ3n) is 16.7. The van der Waals surface area contributed by atoms with Gasteiger partial charge in [0.05, 0.1) is 24.9 Å². The highest BCUT2D eigenvalue weighted by Gasteiger charge is 2.43. The fourth-order valence-corrected chi connectivity index (χ4v) is 10.7. The number of hydrogen-bond donors (Lipinski definition) is 5. The van der Waals surface area contributed by atoms with Crippen LogP contribution in [0.3, 0.4) is 0 Å². The average Bonchev–Trinajstić information content (AvgIpc) is 1.14. The van der Waals surface area contributed by atoms with Crippen LogP contribution in [0, 0.1) is 11.8 Å². The largest absolute Gasteiger partial charge is 0.391 e. The zero-order valence-electron chi connectivity index (χ0n) is 56.8. The molecule has 24 nitrogen and oxygen atoms in total. The summed E-state index contributed by atoms with van der Waals surface area (Å²) in [5.41, 5.74) is 0.503. The van der Waals surface area contributed by atoms with Gasteiger partial charge in [-0.1, -0.05) is 121 Å². The summed E-state index contributed by atoms with van der Waals surface area (Å²) in [7, 11) is 9.65. The van der Waals surface area contributed by atoms with Gasteiger partial charge < -0.3 is 65.4 Å². The number of ether oxygens (including phenoxy) is 1. The minimum Gasteiger partial charge on any atom is -0.391 e. The van der Waals surface area contributed by atoms with Gasteiger partial charge in [-0.05, 0) is 84.3 Å². The second-order valence-corrected chi connectivity index (χ2v) is 25.9. The van der Waals surface area contributed by atoms with E-state index in [9.17, 15) is 53.1 Å². The van der Waals surface area contributed by atoms with E-state index < -0.39 is 150 Å². The molecule has 11 atom stereocenters. The number of rotatable bonds is 15. The molecule has 1 fully saturated rings. The Morgan fingerprint density at radius 1 is 0.522 bits per heavy atom. The van der Waals surface area contributed by atoms with Crippen LogP contribution in [-0.4, -0.2) is 239 Å². The lowest BCUT2D eigenvalue weighted by Crippen LogP contribution is -2.62. The van der Waals surface area contributed by atoms with Crippen molar-refractivity contribution in [2.24, 2.45) is 11.8 Å². The molecule has 502 valence electrons. The molecule has 2 aromatic carbocycles. The van der Waals surface area contributed by atoms with Gasteiger partial charge in [0.15, 0.2) is 0 Å². The zero-order valence-corrected chi connectivity index (χ0v) is 56.8. The number of unbranched alkanes of at least 4 members (excludes halogenated alkanes) is 3. The maximum Gasteiger partial charge on any atom is 0.248 e. The molecule has 0 aliphatic carbocycles. The van der Waals surface area contributed by atoms with Crippen LogP contribution in [-0.2, 0) is 70.3 Å². The third kappa shape index (κ3) is 21.9. The van der Waals surface area contributed by atoms with Gasteiger partial charge in [0.2, 0.25) is 65.0 Å². The summed E-state index contributed by atoms with van der Waals surface area (Å²) in [4.78, 5) is 169. The van der Waals surface area contributed by atoms with Crippen LogP contribution in [0.1, 0.15) is 133 Å². The summed E-state index contributed by atoms with van der Waals surface area (Å²) < 4.78 is 6.07. The summed E-state index contributed by atoms with van der Waals surface area (Å²) in [6.07, 6.45) is 1.57. The summed E-state index contributed by atoms with van der Waals surface area (Å²) in [5, 5.41) is 22.1. The molecule has 1 aliphatic heterocycles. The van der Waals surface area contributed by atoms with Gasteiger partial charge in [0, 0.05) is 62.2 Å². The fourth-order valence-electron chi connectivity index (χ4n) is 10.7. The van der Waals surface area contributed by atoms with Gasteiger partial charge in [-0.25, -0.2) is 0 Å². The van der Waals surface area contributed by atoms with Crippen molar-refractivity contribution in [1.29, 1.82) is 0 Å². The van der Waals surface area contributed by atoms with Gasteiger partial charge in [0.1, 0.15) is 60.4 Å². The number of carbonyl (C=O) groups is 11. The minimum atomic E-state index is -1.63. The summed E-state index contributed by atoms with van der Waals surface area (Å²) >= 11 is 0. The molecule has 1 heterocycles. The highest BCUT2D eigenvalue weighted by atomic mass is 16.5. The van der Waals surface area contributed by atoms with Gasteiger partial charge in [-0.15, -0.1) is 0 Å². The molecule has 90 heavy (non-hydrogen) atoms. The first kappa shape index (κ1) is 76.8. The van der Waals surface area contributed by atoms with Crippen LogP contribution in [0.25, 0.3) is 0 Å². The van der Waals surface area contributed by atoms with E-state index >= 15 is 4.79 Å². The summed E-state index contributed by atoms with van der Waals surface area (Å²) in [5.74, 6) is -8.79. The monoisotopic (exact) mass is 1260 g/mol. The summed E-state index contributed by atoms with van der Waals surface area (Å²) in [6.45, 7) is 19.0. The Morgan fingerprint density at radius 2 is 1.02 bits per heavy atom. The van der Waals surface area contributed by atoms with Crippen molar-refractivity contribution >= 4 is 65.0 Å². The maximum atomic E-state index is 15.1. The van der Waals surface area contributed by atoms with Gasteiger partial charge in [-0.2, -0.15) is 0 Å². The van der Waals surface area contributed by atoms with E-state index in [1.165, 1.54) is 96.6 Å². The maximum absolute atomic E-state index is 15.1. The van der Waals surface area contributed by atoms with E-state index in [1.54, 1.807) is 95.3 Å². The molecule has 0 radical (unpaired) electrons. The van der Waals surface area contributed by atoms with Crippen molar-refractivity contribution in [3.05, 3.63) is 71.8 Å². The number of amides is 11. The minimum absolute atomic E-state index is 0.0129. The molecular weight excluding hydrogens is 1150 g/mol. The molecule has 2 aromatic rings. The van der Waals surface area contributed by atoms with Gasteiger partial charge in [-0.3, -0.25) is 52.7 Å². The fraction of sp³-hybridized carbons (Fsp3) is 0.652. The Balaban J connectivity index is 2.29. The lowest BCUT2D eigenvalue weighted by molar-refractivity contribution is -0.152. The van der Waals surface area contributed by atoms with E-state index in [0.717, 1.165) is 27.5 Å².